The van der Waals surface area contributed by atoms with Gasteiger partial charge in [-0.1, -0.05) is 0 Å². The number of hydrogen-bond acceptors (Lipinski definition) is 4. The van der Waals surface area contributed by atoms with Gasteiger partial charge in [0, 0.05) is 18.0 Å². The number of aromatic amines is 2. The van der Waals surface area contributed by atoms with Crippen LogP contribution in [-0.4, -0.2) is 31.4 Å². The van der Waals surface area contributed by atoms with Crippen molar-refractivity contribution in [2.75, 3.05) is 0 Å². The zero-order valence-electron chi connectivity index (χ0n) is 17.0. The number of hydrogen-bond donors (Lipinski definition) is 3. The van der Waals surface area contributed by atoms with Crippen LogP contribution in [0.2, 0.25) is 0 Å². The first-order valence-corrected chi connectivity index (χ1v) is 9.14. The molecule has 0 spiro atoms. The van der Waals surface area contributed by atoms with Crippen LogP contribution in [0.3, 0.4) is 0 Å². The molecule has 0 atom stereocenters. The average Bonchev–Trinajstić information content (AvgIpc) is 3.21. The minimum atomic E-state index is -0.632. The first-order chi connectivity index (χ1) is 13.6. The lowest BCUT2D eigenvalue weighted by Gasteiger charge is -2.19. The summed E-state index contributed by atoms with van der Waals surface area (Å²) < 4.78 is 20.7. The topological polar surface area (TPSA) is 105 Å². The fourth-order valence-corrected chi connectivity index (χ4v) is 3.01. The van der Waals surface area contributed by atoms with Gasteiger partial charge in [0.05, 0.1) is 12.2 Å². The molecule has 3 N–H and O–H groups in total. The van der Waals surface area contributed by atoms with Gasteiger partial charge in [-0.05, 0) is 57.9 Å². The van der Waals surface area contributed by atoms with Crippen molar-refractivity contribution < 1.29 is 13.9 Å². The van der Waals surface area contributed by atoms with E-state index in [1.807, 2.05) is 0 Å². The monoisotopic (exact) mass is 401 g/mol. The molecule has 0 aliphatic carbocycles. The predicted octanol–water partition coefficient (Wildman–Crippen LogP) is 3.34. The predicted molar refractivity (Wildman–Crippen MR) is 106 cm³/mol. The van der Waals surface area contributed by atoms with E-state index in [2.05, 4.69) is 20.5 Å². The Hall–Kier alpha value is -3.36. The molecule has 1 aromatic carbocycles. The zero-order valence-corrected chi connectivity index (χ0v) is 17.0. The number of aryl methyl sites for hydroxylation is 2. The van der Waals surface area contributed by atoms with E-state index in [0.29, 0.717) is 33.8 Å². The summed E-state index contributed by atoms with van der Waals surface area (Å²) in [4.78, 5) is 26.9. The molecule has 0 saturated heterocycles. The molecule has 2 heterocycles. The summed E-state index contributed by atoms with van der Waals surface area (Å²) in [5.41, 5.74) is 2.06. The number of nitrogens with one attached hydrogen (secondary N) is 3. The normalized spacial score (nSPS) is 11.5. The Bertz CT molecular complexity index is 1080. The Morgan fingerprint density at radius 2 is 1.93 bits per heavy atom. The maximum atomic E-state index is 14.1. The highest BCUT2D eigenvalue weighted by Crippen LogP contribution is 2.29. The molecule has 0 bridgehead atoms. The molecule has 1 amide bonds. The van der Waals surface area contributed by atoms with Gasteiger partial charge < -0.3 is 15.0 Å². The van der Waals surface area contributed by atoms with Crippen molar-refractivity contribution in [3.05, 3.63) is 57.6 Å². The molecule has 9 heteroatoms. The van der Waals surface area contributed by atoms with Crippen molar-refractivity contribution >= 4 is 6.09 Å². The number of ether oxygens (including phenoxy) is 1. The average molecular weight is 401 g/mol. The van der Waals surface area contributed by atoms with E-state index in [4.69, 9.17) is 4.74 Å². The van der Waals surface area contributed by atoms with Gasteiger partial charge in [0.1, 0.15) is 22.8 Å². The second-order valence-electron chi connectivity index (χ2n) is 7.81. The second kappa shape index (κ2) is 7.57. The van der Waals surface area contributed by atoms with Crippen molar-refractivity contribution in [2.24, 2.45) is 0 Å². The van der Waals surface area contributed by atoms with Gasteiger partial charge >= 0.3 is 11.8 Å². The van der Waals surface area contributed by atoms with Gasteiger partial charge in [0.25, 0.3) is 0 Å². The third-order valence-corrected chi connectivity index (χ3v) is 4.22. The number of imidazole rings is 1. The highest BCUT2D eigenvalue weighted by atomic mass is 19.1. The fourth-order valence-electron chi connectivity index (χ4n) is 3.01. The lowest BCUT2D eigenvalue weighted by atomic mass is 10.0. The van der Waals surface area contributed by atoms with Crippen LogP contribution >= 0.6 is 0 Å². The molecular formula is C20H24FN5O3. The number of H-pyrrole nitrogens is 2. The third kappa shape index (κ3) is 4.39. The Morgan fingerprint density at radius 3 is 2.48 bits per heavy atom. The van der Waals surface area contributed by atoms with E-state index in [-0.39, 0.29) is 18.1 Å². The second-order valence-corrected chi connectivity index (χ2v) is 7.81. The lowest BCUT2D eigenvalue weighted by molar-refractivity contribution is 0.0523. The van der Waals surface area contributed by atoms with Crippen molar-refractivity contribution in [2.45, 2.75) is 46.8 Å². The number of halogens is 1. The van der Waals surface area contributed by atoms with Gasteiger partial charge in [-0.2, -0.15) is 5.10 Å². The van der Waals surface area contributed by atoms with Crippen molar-refractivity contribution in [1.29, 1.82) is 0 Å². The Morgan fingerprint density at radius 1 is 1.28 bits per heavy atom. The molecule has 0 fully saturated rings. The molecule has 3 rings (SSSR count). The fraction of sp³-hybridized carbons (Fsp3) is 0.350. The number of nitrogens with zero attached hydrogens (tertiary/aromatic N) is 2. The number of alkyl carbamates (subject to hydrolysis) is 1. The van der Waals surface area contributed by atoms with E-state index in [0.717, 1.165) is 0 Å². The summed E-state index contributed by atoms with van der Waals surface area (Å²) in [5, 5.41) is 9.86. The summed E-state index contributed by atoms with van der Waals surface area (Å²) in [6, 6.07) is 3.34. The zero-order chi connectivity index (χ0) is 21.3. The number of carbonyl (C=O) groups is 1. The molecule has 29 heavy (non-hydrogen) atoms. The highest BCUT2D eigenvalue weighted by Gasteiger charge is 2.21. The van der Waals surface area contributed by atoms with E-state index >= 15 is 0 Å². The Balaban J connectivity index is 2.02. The summed E-state index contributed by atoms with van der Waals surface area (Å²) in [6.07, 6.45) is 2.48. The van der Waals surface area contributed by atoms with Crippen LogP contribution < -0.4 is 11.0 Å². The lowest BCUT2D eigenvalue weighted by Crippen LogP contribution is -2.32. The molecule has 154 valence electrons. The molecule has 0 unspecified atom stereocenters. The van der Waals surface area contributed by atoms with Gasteiger partial charge in [-0.25, -0.2) is 14.0 Å². The Kier molecular flexibility index (Phi) is 5.32. The standard InChI is InChI=1S/C20H24FN5O3/c1-11-8-13(9-12(2)15(11)21)16-17(26-7-6-22-18(26)27)14(24-25-16)10-23-19(28)29-20(3,4)5/h6-9H,10H2,1-5H3,(H,22,27)(H,23,28)(H,24,25). The summed E-state index contributed by atoms with van der Waals surface area (Å²) >= 11 is 0. The van der Waals surface area contributed by atoms with Crippen molar-refractivity contribution in [1.82, 2.24) is 25.1 Å². The number of benzene rings is 1. The first kappa shape index (κ1) is 20.4. The number of rotatable bonds is 4. The molecule has 2 aromatic heterocycles. The molecule has 0 saturated carbocycles. The van der Waals surface area contributed by atoms with Gasteiger partial charge in [0.2, 0.25) is 0 Å². The number of aromatic nitrogens is 4. The molecule has 0 aliphatic rings. The molecule has 0 aliphatic heterocycles. The highest BCUT2D eigenvalue weighted by molar-refractivity contribution is 5.73. The summed E-state index contributed by atoms with van der Waals surface area (Å²) in [5.74, 6) is -0.281. The van der Waals surface area contributed by atoms with E-state index in [1.54, 1.807) is 52.9 Å². The Labute approximate surface area is 167 Å². The van der Waals surface area contributed by atoms with E-state index in [1.165, 1.54) is 10.8 Å². The summed E-state index contributed by atoms with van der Waals surface area (Å²) in [7, 11) is 0. The molecular weight excluding hydrogens is 377 g/mol. The maximum absolute atomic E-state index is 14.1. The van der Waals surface area contributed by atoms with Gasteiger partial charge in [0.15, 0.2) is 0 Å². The van der Waals surface area contributed by atoms with Crippen LogP contribution in [0, 0.1) is 19.7 Å². The largest absolute Gasteiger partial charge is 0.444 e. The number of amides is 1. The first-order valence-electron chi connectivity index (χ1n) is 9.14. The van der Waals surface area contributed by atoms with E-state index in [9.17, 15) is 14.0 Å². The van der Waals surface area contributed by atoms with Crippen LogP contribution in [0.5, 0.6) is 0 Å². The van der Waals surface area contributed by atoms with Crippen LogP contribution in [0.1, 0.15) is 37.6 Å². The van der Waals surface area contributed by atoms with Gasteiger partial charge in [-0.15, -0.1) is 0 Å². The van der Waals surface area contributed by atoms with Crippen LogP contribution in [-0.2, 0) is 11.3 Å². The minimum Gasteiger partial charge on any atom is -0.444 e. The smallest absolute Gasteiger partial charge is 0.407 e. The van der Waals surface area contributed by atoms with Crippen molar-refractivity contribution in [3.8, 4) is 16.9 Å². The quantitative estimate of drug-likeness (QED) is 0.624. The van der Waals surface area contributed by atoms with E-state index < -0.39 is 11.7 Å². The minimum absolute atomic E-state index is 0.0635. The van der Waals surface area contributed by atoms with Crippen LogP contribution in [0.15, 0.2) is 29.3 Å². The van der Waals surface area contributed by atoms with Crippen LogP contribution in [0.4, 0.5) is 9.18 Å². The van der Waals surface area contributed by atoms with Gasteiger partial charge in [-0.3, -0.25) is 9.67 Å². The maximum Gasteiger partial charge on any atom is 0.407 e. The number of carbonyl (C=O) groups excluding carboxylic acids is 1. The summed E-state index contributed by atoms with van der Waals surface area (Å²) in [6.45, 7) is 8.71. The molecule has 3 aromatic rings. The molecule has 8 nitrogen and oxygen atoms in total. The third-order valence-electron chi connectivity index (χ3n) is 4.22. The SMILES string of the molecule is Cc1cc(-c2n[nH]c(CNC(=O)OC(C)(C)C)c2-n2cc[nH]c2=O)cc(C)c1F. The van der Waals surface area contributed by atoms with Crippen LogP contribution in [0.25, 0.3) is 16.9 Å². The van der Waals surface area contributed by atoms with Crippen molar-refractivity contribution in [3.63, 3.8) is 0 Å². The molecule has 0 radical (unpaired) electrons.